The predicted octanol–water partition coefficient (Wildman–Crippen LogP) is 5.38. The van der Waals surface area contributed by atoms with Gasteiger partial charge in [-0.1, -0.05) is 60.7 Å². The lowest BCUT2D eigenvalue weighted by atomic mass is 9.99. The lowest BCUT2D eigenvalue weighted by molar-refractivity contribution is 0.618. The highest BCUT2D eigenvalue weighted by Crippen LogP contribution is 2.42. The molecule has 0 aliphatic carbocycles. The highest BCUT2D eigenvalue weighted by Gasteiger charge is 2.22. The van der Waals surface area contributed by atoms with Crippen LogP contribution in [0, 0.1) is 0 Å². The Morgan fingerprint density at radius 2 is 1.48 bits per heavy atom. The maximum absolute atomic E-state index is 6.17. The number of nitrogens with zero attached hydrogens (tertiary/aromatic N) is 2. The summed E-state index contributed by atoms with van der Waals surface area (Å²) in [6.45, 7) is 4.18. The molecule has 2 aromatic heterocycles. The fraction of sp³-hybridized carbons (Fsp3) is 0.143. The van der Waals surface area contributed by atoms with Crippen LogP contribution in [0.4, 0.5) is 5.82 Å². The molecule has 4 rings (SSSR count). The minimum atomic E-state index is 0.261. The Kier molecular flexibility index (Phi) is 3.94. The van der Waals surface area contributed by atoms with Crippen LogP contribution in [0.5, 0.6) is 0 Å². The van der Waals surface area contributed by atoms with E-state index >= 15 is 0 Å². The molecule has 0 saturated heterocycles. The standard InChI is InChI=1S/C21H19N3O/c1-14(2)24-20-18-17(15-9-5-3-6-10-15)19(16-11-7-4-8-12-16)25-21(18)23-13-22-20/h3-14H,1-2H3,(H,22,23,24). The summed E-state index contributed by atoms with van der Waals surface area (Å²) in [5.74, 6) is 1.61. The van der Waals surface area contributed by atoms with Crippen molar-refractivity contribution >= 4 is 16.9 Å². The molecule has 25 heavy (non-hydrogen) atoms. The third-order valence-electron chi connectivity index (χ3n) is 4.01. The fourth-order valence-electron chi connectivity index (χ4n) is 2.99. The van der Waals surface area contributed by atoms with Crippen molar-refractivity contribution in [2.75, 3.05) is 5.32 Å². The molecule has 4 nitrogen and oxygen atoms in total. The normalized spacial score (nSPS) is 11.2. The van der Waals surface area contributed by atoms with E-state index in [4.69, 9.17) is 4.42 Å². The number of furan rings is 1. The first-order valence-electron chi connectivity index (χ1n) is 8.39. The molecule has 2 heterocycles. The summed E-state index contributed by atoms with van der Waals surface area (Å²) in [6.07, 6.45) is 1.54. The van der Waals surface area contributed by atoms with E-state index < -0.39 is 0 Å². The number of rotatable bonds is 4. The summed E-state index contributed by atoms with van der Waals surface area (Å²) in [5, 5.41) is 4.33. The van der Waals surface area contributed by atoms with Crippen molar-refractivity contribution in [2.24, 2.45) is 0 Å². The molecule has 124 valence electrons. The fourth-order valence-corrected chi connectivity index (χ4v) is 2.99. The number of aromatic nitrogens is 2. The molecule has 4 aromatic rings. The summed E-state index contributed by atoms with van der Waals surface area (Å²) >= 11 is 0. The van der Waals surface area contributed by atoms with E-state index in [1.54, 1.807) is 6.33 Å². The number of fused-ring (bicyclic) bond motifs is 1. The van der Waals surface area contributed by atoms with E-state index in [1.165, 1.54) is 0 Å². The third-order valence-corrected chi connectivity index (χ3v) is 4.01. The number of anilines is 1. The number of hydrogen-bond acceptors (Lipinski definition) is 4. The second kappa shape index (κ2) is 6.40. The molecule has 0 aliphatic rings. The molecular formula is C21H19N3O. The van der Waals surface area contributed by atoms with Crippen LogP contribution in [0.15, 0.2) is 71.4 Å². The van der Waals surface area contributed by atoms with Crippen LogP contribution in [-0.4, -0.2) is 16.0 Å². The largest absolute Gasteiger partial charge is 0.437 e. The van der Waals surface area contributed by atoms with Gasteiger partial charge in [-0.05, 0) is 19.4 Å². The number of hydrogen-bond donors (Lipinski definition) is 1. The molecule has 0 fully saturated rings. The summed E-state index contributed by atoms with van der Waals surface area (Å²) in [6, 6.07) is 20.6. The van der Waals surface area contributed by atoms with E-state index in [0.29, 0.717) is 5.71 Å². The zero-order chi connectivity index (χ0) is 17.2. The number of benzene rings is 2. The monoisotopic (exact) mass is 329 g/mol. The zero-order valence-corrected chi connectivity index (χ0v) is 14.2. The van der Waals surface area contributed by atoms with Gasteiger partial charge in [-0.25, -0.2) is 9.97 Å². The Morgan fingerprint density at radius 3 is 2.12 bits per heavy atom. The van der Waals surface area contributed by atoms with Crippen LogP contribution in [-0.2, 0) is 0 Å². The molecule has 2 aromatic carbocycles. The second-order valence-corrected chi connectivity index (χ2v) is 6.24. The topological polar surface area (TPSA) is 51.0 Å². The van der Waals surface area contributed by atoms with Crippen LogP contribution in [0.3, 0.4) is 0 Å². The van der Waals surface area contributed by atoms with Crippen molar-refractivity contribution in [1.29, 1.82) is 0 Å². The predicted molar refractivity (Wildman–Crippen MR) is 101 cm³/mol. The molecule has 0 atom stereocenters. The van der Waals surface area contributed by atoms with Crippen molar-refractivity contribution in [3.05, 3.63) is 67.0 Å². The van der Waals surface area contributed by atoms with Crippen LogP contribution in [0.2, 0.25) is 0 Å². The van der Waals surface area contributed by atoms with Crippen molar-refractivity contribution in [3.63, 3.8) is 0 Å². The summed E-state index contributed by atoms with van der Waals surface area (Å²) in [4.78, 5) is 8.82. The van der Waals surface area contributed by atoms with Crippen molar-refractivity contribution in [3.8, 4) is 22.5 Å². The molecule has 0 aliphatic heterocycles. The van der Waals surface area contributed by atoms with Gasteiger partial charge in [-0.15, -0.1) is 0 Å². The average molecular weight is 329 g/mol. The highest BCUT2D eigenvalue weighted by atomic mass is 16.3. The van der Waals surface area contributed by atoms with Gasteiger partial charge in [0, 0.05) is 17.2 Å². The van der Waals surface area contributed by atoms with Gasteiger partial charge in [0.15, 0.2) is 0 Å². The first-order valence-corrected chi connectivity index (χ1v) is 8.39. The van der Waals surface area contributed by atoms with E-state index in [9.17, 15) is 0 Å². The molecule has 1 N–H and O–H groups in total. The first kappa shape index (κ1) is 15.4. The van der Waals surface area contributed by atoms with Gasteiger partial charge in [0.25, 0.3) is 0 Å². The van der Waals surface area contributed by atoms with Gasteiger partial charge in [-0.2, -0.15) is 0 Å². The Morgan fingerprint density at radius 1 is 0.840 bits per heavy atom. The maximum atomic E-state index is 6.17. The van der Waals surface area contributed by atoms with E-state index in [2.05, 4.69) is 41.3 Å². The summed E-state index contributed by atoms with van der Waals surface area (Å²) in [5.41, 5.74) is 3.72. The first-order chi connectivity index (χ1) is 12.2. The van der Waals surface area contributed by atoms with Crippen LogP contribution >= 0.6 is 0 Å². The Labute approximate surface area is 146 Å². The van der Waals surface area contributed by atoms with Gasteiger partial charge in [0.05, 0.1) is 5.39 Å². The Balaban J connectivity index is 2.06. The molecule has 0 saturated carbocycles. The minimum absolute atomic E-state index is 0.261. The zero-order valence-electron chi connectivity index (χ0n) is 14.2. The lowest BCUT2D eigenvalue weighted by Crippen LogP contribution is -2.11. The van der Waals surface area contributed by atoms with Crippen LogP contribution in [0.1, 0.15) is 13.8 Å². The van der Waals surface area contributed by atoms with Gasteiger partial charge >= 0.3 is 0 Å². The third kappa shape index (κ3) is 2.87. The molecule has 0 unspecified atom stereocenters. The maximum Gasteiger partial charge on any atom is 0.232 e. The lowest BCUT2D eigenvalue weighted by Gasteiger charge is -2.10. The Bertz CT molecular complexity index is 992. The van der Waals surface area contributed by atoms with Crippen molar-refractivity contribution in [2.45, 2.75) is 19.9 Å². The molecule has 0 spiro atoms. The quantitative estimate of drug-likeness (QED) is 0.546. The smallest absolute Gasteiger partial charge is 0.232 e. The second-order valence-electron chi connectivity index (χ2n) is 6.24. The minimum Gasteiger partial charge on any atom is -0.437 e. The highest BCUT2D eigenvalue weighted by molar-refractivity contribution is 6.05. The van der Waals surface area contributed by atoms with E-state index in [1.807, 2.05) is 48.5 Å². The number of nitrogens with one attached hydrogen (secondary N) is 1. The molecule has 0 bridgehead atoms. The van der Waals surface area contributed by atoms with Crippen LogP contribution < -0.4 is 5.32 Å². The average Bonchev–Trinajstić information content (AvgIpc) is 3.03. The van der Waals surface area contributed by atoms with Crippen LogP contribution in [0.25, 0.3) is 33.6 Å². The molecule has 4 heteroatoms. The summed E-state index contributed by atoms with van der Waals surface area (Å²) < 4.78 is 6.17. The van der Waals surface area contributed by atoms with Gasteiger partial charge in [-0.3, -0.25) is 0 Å². The molecule has 0 amide bonds. The van der Waals surface area contributed by atoms with Crippen molar-refractivity contribution in [1.82, 2.24) is 9.97 Å². The molecule has 0 radical (unpaired) electrons. The SMILES string of the molecule is CC(C)Nc1ncnc2oc(-c3ccccc3)c(-c3ccccc3)c12. The summed E-state index contributed by atoms with van der Waals surface area (Å²) in [7, 11) is 0. The van der Waals surface area contributed by atoms with E-state index in [-0.39, 0.29) is 6.04 Å². The Hall–Kier alpha value is -3.14. The van der Waals surface area contributed by atoms with Gasteiger partial charge in [0.1, 0.15) is 17.9 Å². The van der Waals surface area contributed by atoms with E-state index in [0.717, 1.165) is 33.7 Å². The van der Waals surface area contributed by atoms with Gasteiger partial charge in [0.2, 0.25) is 5.71 Å². The van der Waals surface area contributed by atoms with Gasteiger partial charge < -0.3 is 9.73 Å². The van der Waals surface area contributed by atoms with Crippen molar-refractivity contribution < 1.29 is 4.42 Å². The molecular weight excluding hydrogens is 310 g/mol.